The van der Waals surface area contributed by atoms with Crippen LogP contribution in [0.3, 0.4) is 0 Å². The van der Waals surface area contributed by atoms with Gasteiger partial charge in [0.25, 0.3) is 0 Å². The van der Waals surface area contributed by atoms with Crippen LogP contribution >= 0.6 is 11.6 Å². The summed E-state index contributed by atoms with van der Waals surface area (Å²) in [5.74, 6) is 0.818. The molecule has 0 atom stereocenters. The maximum atomic E-state index is 11.9. The van der Waals surface area contributed by atoms with Gasteiger partial charge in [0, 0.05) is 10.7 Å². The molecule has 0 saturated heterocycles. The molecule has 0 aliphatic rings. The predicted molar refractivity (Wildman–Crippen MR) is 94.6 cm³/mol. The summed E-state index contributed by atoms with van der Waals surface area (Å²) in [5, 5.41) is 6.20. The first kappa shape index (κ1) is 17.2. The monoisotopic (exact) mass is 332 g/mol. The van der Waals surface area contributed by atoms with Crippen LogP contribution in [0.4, 0.5) is 10.5 Å². The average molecular weight is 333 g/mol. The van der Waals surface area contributed by atoms with Gasteiger partial charge in [-0.05, 0) is 67.8 Å². The second kappa shape index (κ2) is 7.88. The Bertz CT molecular complexity index is 681. The molecule has 5 heteroatoms. The lowest BCUT2D eigenvalue weighted by Crippen LogP contribution is -2.32. The molecule has 2 rings (SSSR count). The molecule has 2 aromatic rings. The van der Waals surface area contributed by atoms with Gasteiger partial charge in [0.15, 0.2) is 0 Å². The van der Waals surface area contributed by atoms with Gasteiger partial charge in [-0.2, -0.15) is 0 Å². The van der Waals surface area contributed by atoms with Crippen LogP contribution in [-0.4, -0.2) is 19.2 Å². The molecular formula is C18H21ClN2O2. The van der Waals surface area contributed by atoms with Crippen molar-refractivity contribution in [2.24, 2.45) is 0 Å². The summed E-state index contributed by atoms with van der Waals surface area (Å²) >= 11 is 5.89. The van der Waals surface area contributed by atoms with Crippen LogP contribution in [0.5, 0.6) is 5.75 Å². The van der Waals surface area contributed by atoms with Gasteiger partial charge >= 0.3 is 6.03 Å². The largest absolute Gasteiger partial charge is 0.492 e. The van der Waals surface area contributed by atoms with Crippen LogP contribution in [-0.2, 0) is 0 Å². The van der Waals surface area contributed by atoms with E-state index in [0.29, 0.717) is 18.2 Å². The molecule has 2 aromatic carbocycles. The van der Waals surface area contributed by atoms with E-state index in [1.807, 2.05) is 32.9 Å². The molecule has 122 valence electrons. The fraction of sp³-hybridized carbons (Fsp3) is 0.278. The SMILES string of the molecule is Cc1cc(C)cc(OCCNC(=O)Nc2ccc(Cl)cc2C)c1. The van der Waals surface area contributed by atoms with Crippen LogP contribution in [0.15, 0.2) is 36.4 Å². The van der Waals surface area contributed by atoms with Crippen molar-refractivity contribution in [3.63, 3.8) is 0 Å². The Labute approximate surface area is 141 Å². The number of ether oxygens (including phenoxy) is 1. The third-order valence-corrected chi connectivity index (χ3v) is 3.52. The van der Waals surface area contributed by atoms with Gasteiger partial charge in [-0.25, -0.2) is 4.79 Å². The van der Waals surface area contributed by atoms with Crippen LogP contribution < -0.4 is 15.4 Å². The van der Waals surface area contributed by atoms with Crippen molar-refractivity contribution in [2.45, 2.75) is 20.8 Å². The summed E-state index contributed by atoms with van der Waals surface area (Å²) in [6.07, 6.45) is 0. The third-order valence-electron chi connectivity index (χ3n) is 3.29. The van der Waals surface area contributed by atoms with E-state index in [2.05, 4.69) is 16.7 Å². The fourth-order valence-corrected chi connectivity index (χ4v) is 2.51. The highest BCUT2D eigenvalue weighted by molar-refractivity contribution is 6.30. The maximum Gasteiger partial charge on any atom is 0.319 e. The molecular weight excluding hydrogens is 312 g/mol. The number of amides is 2. The number of benzene rings is 2. The Hall–Kier alpha value is -2.20. The topological polar surface area (TPSA) is 50.4 Å². The lowest BCUT2D eigenvalue weighted by Gasteiger charge is -2.11. The minimum Gasteiger partial charge on any atom is -0.492 e. The van der Waals surface area contributed by atoms with Crippen molar-refractivity contribution >= 4 is 23.3 Å². The van der Waals surface area contributed by atoms with Crippen molar-refractivity contribution in [3.05, 3.63) is 58.1 Å². The minimum atomic E-state index is -0.264. The van der Waals surface area contributed by atoms with Crippen LogP contribution in [0.1, 0.15) is 16.7 Å². The summed E-state index contributed by atoms with van der Waals surface area (Å²) in [6, 6.07) is 11.1. The number of halogens is 1. The first-order chi connectivity index (χ1) is 10.9. The summed E-state index contributed by atoms with van der Waals surface area (Å²) < 4.78 is 5.65. The number of aryl methyl sites for hydroxylation is 3. The summed E-state index contributed by atoms with van der Waals surface area (Å²) in [5.41, 5.74) is 3.97. The van der Waals surface area contributed by atoms with Gasteiger partial charge < -0.3 is 15.4 Å². The van der Waals surface area contributed by atoms with Gasteiger partial charge in [0.2, 0.25) is 0 Å². The van der Waals surface area contributed by atoms with Crippen LogP contribution in [0.25, 0.3) is 0 Å². The first-order valence-corrected chi connectivity index (χ1v) is 7.84. The molecule has 0 aromatic heterocycles. The quantitative estimate of drug-likeness (QED) is 0.794. The average Bonchev–Trinajstić information content (AvgIpc) is 2.46. The third kappa shape index (κ3) is 5.49. The molecule has 0 aliphatic carbocycles. The molecule has 0 radical (unpaired) electrons. The Balaban J connectivity index is 1.76. The summed E-state index contributed by atoms with van der Waals surface area (Å²) in [7, 11) is 0. The Kier molecular flexibility index (Phi) is 5.88. The Morgan fingerprint density at radius 3 is 2.43 bits per heavy atom. The van der Waals surface area contributed by atoms with E-state index in [1.54, 1.807) is 18.2 Å². The maximum absolute atomic E-state index is 11.9. The summed E-state index contributed by atoms with van der Waals surface area (Å²) in [4.78, 5) is 11.9. The van der Waals surface area contributed by atoms with E-state index in [4.69, 9.17) is 16.3 Å². The van der Waals surface area contributed by atoms with Gasteiger partial charge in [-0.3, -0.25) is 0 Å². The zero-order valence-electron chi connectivity index (χ0n) is 13.6. The van der Waals surface area contributed by atoms with Crippen molar-refractivity contribution < 1.29 is 9.53 Å². The van der Waals surface area contributed by atoms with Crippen molar-refractivity contribution in [1.29, 1.82) is 0 Å². The second-order valence-corrected chi connectivity index (χ2v) is 5.95. The normalized spacial score (nSPS) is 10.3. The van der Waals surface area contributed by atoms with Crippen molar-refractivity contribution in [3.8, 4) is 5.75 Å². The minimum absolute atomic E-state index is 0.264. The molecule has 0 spiro atoms. The number of rotatable bonds is 5. The van der Waals surface area contributed by atoms with Crippen LogP contribution in [0, 0.1) is 20.8 Å². The number of anilines is 1. The molecule has 0 heterocycles. The highest BCUT2D eigenvalue weighted by Crippen LogP contribution is 2.19. The fourth-order valence-electron chi connectivity index (χ4n) is 2.28. The van der Waals surface area contributed by atoms with Crippen molar-refractivity contribution in [1.82, 2.24) is 5.32 Å². The van der Waals surface area contributed by atoms with E-state index in [0.717, 1.165) is 28.1 Å². The number of hydrogen-bond acceptors (Lipinski definition) is 2. The molecule has 0 fully saturated rings. The lowest BCUT2D eigenvalue weighted by molar-refractivity contribution is 0.247. The molecule has 0 bridgehead atoms. The van der Waals surface area contributed by atoms with Crippen molar-refractivity contribution in [2.75, 3.05) is 18.5 Å². The highest BCUT2D eigenvalue weighted by atomic mass is 35.5. The Morgan fingerprint density at radius 1 is 1.09 bits per heavy atom. The molecule has 2 amide bonds. The summed E-state index contributed by atoms with van der Waals surface area (Å²) in [6.45, 7) is 6.78. The van der Waals surface area contributed by atoms with Gasteiger partial charge in [-0.15, -0.1) is 0 Å². The van der Waals surface area contributed by atoms with Gasteiger partial charge in [0.1, 0.15) is 12.4 Å². The van der Waals surface area contributed by atoms with E-state index in [1.165, 1.54) is 0 Å². The Morgan fingerprint density at radius 2 is 1.78 bits per heavy atom. The van der Waals surface area contributed by atoms with Gasteiger partial charge in [0.05, 0.1) is 6.54 Å². The molecule has 4 nitrogen and oxygen atoms in total. The zero-order chi connectivity index (χ0) is 16.8. The zero-order valence-corrected chi connectivity index (χ0v) is 14.3. The number of urea groups is 1. The number of carbonyl (C=O) groups excluding carboxylic acids is 1. The van der Waals surface area contributed by atoms with E-state index in [-0.39, 0.29) is 6.03 Å². The number of hydrogen-bond donors (Lipinski definition) is 2. The second-order valence-electron chi connectivity index (χ2n) is 5.51. The molecule has 2 N–H and O–H groups in total. The van der Waals surface area contributed by atoms with Gasteiger partial charge in [-0.1, -0.05) is 17.7 Å². The molecule has 0 unspecified atom stereocenters. The van der Waals surface area contributed by atoms with E-state index < -0.39 is 0 Å². The lowest BCUT2D eigenvalue weighted by atomic mass is 10.1. The molecule has 0 saturated carbocycles. The number of carbonyl (C=O) groups is 1. The molecule has 0 aliphatic heterocycles. The van der Waals surface area contributed by atoms with Crippen LogP contribution in [0.2, 0.25) is 5.02 Å². The highest BCUT2D eigenvalue weighted by Gasteiger charge is 2.04. The van der Waals surface area contributed by atoms with E-state index >= 15 is 0 Å². The smallest absolute Gasteiger partial charge is 0.319 e. The predicted octanol–water partition coefficient (Wildman–Crippen LogP) is 4.47. The van der Waals surface area contributed by atoms with E-state index in [9.17, 15) is 4.79 Å². The standard InChI is InChI=1S/C18H21ClN2O2/c1-12-8-13(2)10-16(9-12)23-7-6-20-18(22)21-17-5-4-15(19)11-14(17)3/h4-5,8-11H,6-7H2,1-3H3,(H2,20,21,22). The number of nitrogens with one attached hydrogen (secondary N) is 2. The first-order valence-electron chi connectivity index (χ1n) is 7.46. The molecule has 23 heavy (non-hydrogen) atoms.